The molecule has 0 aliphatic heterocycles. The van der Waals surface area contributed by atoms with Gasteiger partial charge in [0.15, 0.2) is 0 Å². The standard InChI is InChI=1S/C19H23NO4S/c1-3-23-16-8-10-18(11-9-16)25-14-19(21)20-15-4-6-17(7-5-15)24-13-12-22-2/h4-11H,3,12-14H2,1-2H3,(H,20,21). The highest BCUT2D eigenvalue weighted by Gasteiger charge is 2.05. The Bertz CT molecular complexity index is 643. The van der Waals surface area contributed by atoms with Crippen LogP contribution in [0.3, 0.4) is 0 Å². The lowest BCUT2D eigenvalue weighted by Gasteiger charge is -2.08. The van der Waals surface area contributed by atoms with Gasteiger partial charge in [-0.05, 0) is 55.5 Å². The molecule has 0 atom stereocenters. The monoisotopic (exact) mass is 361 g/mol. The fraction of sp³-hybridized carbons (Fsp3) is 0.316. The Hall–Kier alpha value is -2.18. The summed E-state index contributed by atoms with van der Waals surface area (Å²) in [6.07, 6.45) is 0. The normalized spacial score (nSPS) is 10.3. The lowest BCUT2D eigenvalue weighted by Crippen LogP contribution is -2.13. The Morgan fingerprint density at radius 2 is 1.60 bits per heavy atom. The SMILES string of the molecule is CCOc1ccc(SCC(=O)Nc2ccc(OCCOC)cc2)cc1. The lowest BCUT2D eigenvalue weighted by molar-refractivity contribution is -0.113. The zero-order valence-electron chi connectivity index (χ0n) is 14.5. The molecular weight excluding hydrogens is 338 g/mol. The van der Waals surface area contributed by atoms with Crippen LogP contribution in [0.4, 0.5) is 5.69 Å². The Morgan fingerprint density at radius 3 is 2.24 bits per heavy atom. The predicted octanol–water partition coefficient (Wildman–Crippen LogP) is 3.84. The summed E-state index contributed by atoms with van der Waals surface area (Å²) in [7, 11) is 1.63. The van der Waals surface area contributed by atoms with E-state index in [1.165, 1.54) is 11.8 Å². The van der Waals surface area contributed by atoms with Gasteiger partial charge < -0.3 is 19.5 Å². The van der Waals surface area contributed by atoms with Crippen molar-refractivity contribution in [3.63, 3.8) is 0 Å². The summed E-state index contributed by atoms with van der Waals surface area (Å²) in [6.45, 7) is 3.64. The number of methoxy groups -OCH3 is 1. The maximum Gasteiger partial charge on any atom is 0.234 e. The molecule has 5 nitrogen and oxygen atoms in total. The van der Waals surface area contributed by atoms with Crippen molar-refractivity contribution in [1.82, 2.24) is 0 Å². The smallest absolute Gasteiger partial charge is 0.234 e. The fourth-order valence-corrected chi connectivity index (χ4v) is 2.72. The Kier molecular flexibility index (Phi) is 8.15. The minimum absolute atomic E-state index is 0.0491. The maximum absolute atomic E-state index is 12.0. The Balaban J connectivity index is 1.75. The van der Waals surface area contributed by atoms with Crippen LogP contribution in [0.1, 0.15) is 6.92 Å². The van der Waals surface area contributed by atoms with Gasteiger partial charge in [-0.15, -0.1) is 11.8 Å². The van der Waals surface area contributed by atoms with Crippen LogP contribution in [0.5, 0.6) is 11.5 Å². The van der Waals surface area contributed by atoms with Crippen molar-refractivity contribution in [3.05, 3.63) is 48.5 Å². The van der Waals surface area contributed by atoms with E-state index < -0.39 is 0 Å². The van der Waals surface area contributed by atoms with Crippen molar-refractivity contribution >= 4 is 23.4 Å². The van der Waals surface area contributed by atoms with Crippen molar-refractivity contribution < 1.29 is 19.0 Å². The number of carbonyl (C=O) groups is 1. The van der Waals surface area contributed by atoms with Crippen molar-refractivity contribution in [2.45, 2.75) is 11.8 Å². The largest absolute Gasteiger partial charge is 0.494 e. The summed E-state index contributed by atoms with van der Waals surface area (Å²) >= 11 is 1.49. The van der Waals surface area contributed by atoms with E-state index in [9.17, 15) is 4.79 Å². The van der Waals surface area contributed by atoms with Gasteiger partial charge >= 0.3 is 0 Å². The number of anilines is 1. The molecule has 25 heavy (non-hydrogen) atoms. The second-order valence-corrected chi connectivity index (χ2v) is 6.16. The van der Waals surface area contributed by atoms with E-state index in [4.69, 9.17) is 14.2 Å². The quantitative estimate of drug-likeness (QED) is 0.515. The highest BCUT2D eigenvalue weighted by Crippen LogP contribution is 2.22. The molecule has 134 valence electrons. The predicted molar refractivity (Wildman–Crippen MR) is 101 cm³/mol. The van der Waals surface area contributed by atoms with Crippen LogP contribution in [0.2, 0.25) is 0 Å². The van der Waals surface area contributed by atoms with E-state index in [1.807, 2.05) is 55.5 Å². The summed E-state index contributed by atoms with van der Waals surface area (Å²) in [6, 6.07) is 15.0. The number of benzene rings is 2. The number of hydrogen-bond donors (Lipinski definition) is 1. The molecular formula is C19H23NO4S. The van der Waals surface area contributed by atoms with E-state index >= 15 is 0 Å². The molecule has 0 aliphatic carbocycles. The summed E-state index contributed by atoms with van der Waals surface area (Å²) in [4.78, 5) is 13.1. The summed E-state index contributed by atoms with van der Waals surface area (Å²) in [5.74, 6) is 1.88. The Labute approximate surface area is 152 Å². The van der Waals surface area contributed by atoms with Gasteiger partial charge in [0.05, 0.1) is 19.0 Å². The molecule has 0 radical (unpaired) electrons. The van der Waals surface area contributed by atoms with Crippen LogP contribution < -0.4 is 14.8 Å². The highest BCUT2D eigenvalue weighted by molar-refractivity contribution is 8.00. The van der Waals surface area contributed by atoms with E-state index in [0.717, 1.165) is 22.1 Å². The number of ether oxygens (including phenoxy) is 3. The number of nitrogens with one attached hydrogen (secondary N) is 1. The van der Waals surface area contributed by atoms with Crippen LogP contribution in [0.15, 0.2) is 53.4 Å². The fourth-order valence-electron chi connectivity index (χ4n) is 2.02. The molecule has 0 saturated carbocycles. The Morgan fingerprint density at radius 1 is 0.960 bits per heavy atom. The van der Waals surface area contributed by atoms with Gasteiger partial charge in [-0.25, -0.2) is 0 Å². The summed E-state index contributed by atoms with van der Waals surface area (Å²) in [5.41, 5.74) is 0.747. The first-order chi connectivity index (χ1) is 12.2. The molecule has 0 heterocycles. The third kappa shape index (κ3) is 7.07. The molecule has 0 saturated heterocycles. The van der Waals surface area contributed by atoms with Gasteiger partial charge in [0, 0.05) is 17.7 Å². The van der Waals surface area contributed by atoms with Gasteiger partial charge in [0.2, 0.25) is 5.91 Å². The van der Waals surface area contributed by atoms with Crippen molar-refractivity contribution in [2.24, 2.45) is 0 Å². The van der Waals surface area contributed by atoms with Gasteiger partial charge in [-0.2, -0.15) is 0 Å². The minimum atomic E-state index is -0.0491. The number of thioether (sulfide) groups is 1. The van der Waals surface area contributed by atoms with E-state index in [0.29, 0.717) is 25.6 Å². The molecule has 2 rings (SSSR count). The van der Waals surface area contributed by atoms with Crippen molar-refractivity contribution in [1.29, 1.82) is 0 Å². The number of carbonyl (C=O) groups excluding carboxylic acids is 1. The number of hydrogen-bond acceptors (Lipinski definition) is 5. The molecule has 0 unspecified atom stereocenters. The van der Waals surface area contributed by atoms with Crippen molar-refractivity contribution in [3.8, 4) is 11.5 Å². The second kappa shape index (κ2) is 10.6. The zero-order chi connectivity index (χ0) is 17.9. The topological polar surface area (TPSA) is 56.8 Å². The molecule has 0 spiro atoms. The minimum Gasteiger partial charge on any atom is -0.494 e. The van der Waals surface area contributed by atoms with Gasteiger partial charge in [0.25, 0.3) is 0 Å². The lowest BCUT2D eigenvalue weighted by atomic mass is 10.3. The van der Waals surface area contributed by atoms with Crippen LogP contribution >= 0.6 is 11.8 Å². The molecule has 1 amide bonds. The molecule has 0 aliphatic rings. The molecule has 1 N–H and O–H groups in total. The second-order valence-electron chi connectivity index (χ2n) is 5.11. The van der Waals surface area contributed by atoms with Gasteiger partial charge in [-0.3, -0.25) is 4.79 Å². The summed E-state index contributed by atoms with van der Waals surface area (Å²) < 4.78 is 15.8. The van der Waals surface area contributed by atoms with Crippen molar-refractivity contribution in [2.75, 3.05) is 38.0 Å². The first kappa shape index (κ1) is 19.1. The molecule has 0 aromatic heterocycles. The van der Waals surface area contributed by atoms with Crippen LogP contribution in [0.25, 0.3) is 0 Å². The summed E-state index contributed by atoms with van der Waals surface area (Å²) in [5, 5.41) is 2.87. The van der Waals surface area contributed by atoms with Crippen LogP contribution in [0, 0.1) is 0 Å². The van der Waals surface area contributed by atoms with Gasteiger partial charge in [0.1, 0.15) is 18.1 Å². The van der Waals surface area contributed by atoms with E-state index in [1.54, 1.807) is 7.11 Å². The van der Waals surface area contributed by atoms with Gasteiger partial charge in [-0.1, -0.05) is 0 Å². The first-order valence-electron chi connectivity index (χ1n) is 8.08. The average molecular weight is 361 g/mol. The van der Waals surface area contributed by atoms with E-state index in [-0.39, 0.29) is 5.91 Å². The molecule has 2 aromatic carbocycles. The first-order valence-corrected chi connectivity index (χ1v) is 9.07. The highest BCUT2D eigenvalue weighted by atomic mass is 32.2. The number of rotatable bonds is 10. The third-order valence-electron chi connectivity index (χ3n) is 3.20. The van der Waals surface area contributed by atoms with Crippen LogP contribution in [-0.4, -0.2) is 38.6 Å². The molecule has 2 aromatic rings. The maximum atomic E-state index is 12.0. The molecule has 0 bridgehead atoms. The average Bonchev–Trinajstić information content (AvgIpc) is 2.63. The third-order valence-corrected chi connectivity index (χ3v) is 4.21. The number of amides is 1. The van der Waals surface area contributed by atoms with E-state index in [2.05, 4.69) is 5.32 Å². The van der Waals surface area contributed by atoms with Crippen LogP contribution in [-0.2, 0) is 9.53 Å². The zero-order valence-corrected chi connectivity index (χ0v) is 15.3. The molecule has 0 fully saturated rings. The molecule has 6 heteroatoms.